The minimum atomic E-state index is -0.741. The van der Waals surface area contributed by atoms with Gasteiger partial charge in [-0.3, -0.25) is 19.6 Å². The van der Waals surface area contributed by atoms with Crippen LogP contribution < -0.4 is 15.9 Å². The lowest BCUT2D eigenvalue weighted by atomic mass is 10.1. The molecule has 42 heavy (non-hydrogen) atoms. The number of hydrogen-bond acceptors (Lipinski definition) is 12. The third kappa shape index (κ3) is 5.44. The summed E-state index contributed by atoms with van der Waals surface area (Å²) in [5, 5.41) is 35.1. The van der Waals surface area contributed by atoms with Crippen molar-refractivity contribution in [3.63, 3.8) is 0 Å². The molecule has 0 aliphatic rings. The number of hydrazone groups is 1. The van der Waals surface area contributed by atoms with Gasteiger partial charge in [0.2, 0.25) is 11.6 Å². The Bertz CT molecular complexity index is 1840. The Morgan fingerprint density at radius 3 is 2.74 bits per heavy atom. The first-order valence-electron chi connectivity index (χ1n) is 12.2. The van der Waals surface area contributed by atoms with E-state index in [-0.39, 0.29) is 34.3 Å². The van der Waals surface area contributed by atoms with Crippen molar-refractivity contribution in [1.82, 2.24) is 40.5 Å². The normalized spacial score (nSPS) is 11.2. The van der Waals surface area contributed by atoms with E-state index < -0.39 is 10.8 Å². The van der Waals surface area contributed by atoms with Crippen LogP contribution in [0.1, 0.15) is 33.0 Å². The maximum atomic E-state index is 13.2. The molecule has 0 aliphatic carbocycles. The molecular formula is C25H22BrN11O5. The predicted molar refractivity (Wildman–Crippen MR) is 152 cm³/mol. The number of ether oxygens (including phenoxy) is 1. The van der Waals surface area contributed by atoms with Crippen LogP contribution in [-0.2, 0) is 6.54 Å². The number of carbonyl (C=O) groups excluding carboxylic acids is 1. The van der Waals surface area contributed by atoms with E-state index in [1.807, 2.05) is 24.6 Å². The summed E-state index contributed by atoms with van der Waals surface area (Å²) in [5.74, 6) is -0.249. The lowest BCUT2D eigenvalue weighted by Crippen LogP contribution is -2.19. The molecule has 0 fully saturated rings. The lowest BCUT2D eigenvalue weighted by Gasteiger charge is -2.11. The highest BCUT2D eigenvalue weighted by Gasteiger charge is 2.26. The van der Waals surface area contributed by atoms with Crippen LogP contribution in [0.3, 0.4) is 0 Å². The van der Waals surface area contributed by atoms with Crippen LogP contribution in [0.2, 0.25) is 0 Å². The molecule has 0 aliphatic heterocycles. The molecule has 17 heteroatoms. The van der Waals surface area contributed by atoms with E-state index in [9.17, 15) is 14.9 Å². The number of nitrogens with two attached hydrogens (primary N) is 1. The Hall–Kier alpha value is -5.45. The van der Waals surface area contributed by atoms with Gasteiger partial charge in [-0.2, -0.15) is 14.9 Å². The molecule has 0 saturated carbocycles. The summed E-state index contributed by atoms with van der Waals surface area (Å²) in [5.41, 5.74) is 11.5. The Morgan fingerprint density at radius 2 is 2.07 bits per heavy atom. The molecule has 0 radical (unpaired) electrons. The van der Waals surface area contributed by atoms with E-state index in [1.54, 1.807) is 25.3 Å². The number of halogens is 1. The van der Waals surface area contributed by atoms with Crippen molar-refractivity contribution < 1.29 is 19.1 Å². The van der Waals surface area contributed by atoms with Gasteiger partial charge in [-0.25, -0.2) is 10.1 Å². The van der Waals surface area contributed by atoms with Crippen molar-refractivity contribution in [1.29, 1.82) is 0 Å². The SMILES string of the molecule is COc1ccc(/C=N/NC(=O)c2nnn(-c3nonc3N)c2-c2cccc([N+](=O)[O-])c2)cc1Cn1nc(C)c(Br)c1C. The standard InChI is InChI=1S/C25H22BrN11O5/c1-13-20(26)14(2)35(31-13)12-17-9-15(7-8-19(17)41-3)11-28-30-25(38)21-22(16-5-4-6-18(10-16)37(39)40)36(34-29-21)24-23(27)32-42-33-24/h4-11H,12H2,1-3H3,(H2,27,32)(H,30,38)/b28-11+. The number of nitrogens with zero attached hydrogens (tertiary/aromatic N) is 9. The number of anilines is 1. The summed E-state index contributed by atoms with van der Waals surface area (Å²) in [7, 11) is 1.58. The van der Waals surface area contributed by atoms with Crippen LogP contribution in [0.4, 0.5) is 11.5 Å². The second-order valence-electron chi connectivity index (χ2n) is 8.89. The molecule has 3 heterocycles. The van der Waals surface area contributed by atoms with Gasteiger partial charge >= 0.3 is 0 Å². The molecule has 2 aromatic carbocycles. The molecule has 3 N–H and O–H groups in total. The first kappa shape index (κ1) is 28.1. The molecule has 3 aromatic heterocycles. The van der Waals surface area contributed by atoms with E-state index in [0.29, 0.717) is 17.9 Å². The Balaban J connectivity index is 1.43. The number of methoxy groups -OCH3 is 1. The number of rotatable bonds is 9. The average molecular weight is 636 g/mol. The van der Waals surface area contributed by atoms with Crippen LogP contribution in [0, 0.1) is 24.0 Å². The number of benzene rings is 2. The first-order chi connectivity index (χ1) is 20.2. The van der Waals surface area contributed by atoms with Gasteiger partial charge in [-0.05, 0) is 63.9 Å². The van der Waals surface area contributed by atoms with Gasteiger partial charge < -0.3 is 10.5 Å². The van der Waals surface area contributed by atoms with Crippen molar-refractivity contribution in [3.8, 4) is 22.8 Å². The fraction of sp³-hybridized carbons (Fsp3) is 0.160. The summed E-state index contributed by atoms with van der Waals surface area (Å²) < 4.78 is 14.1. The van der Waals surface area contributed by atoms with Gasteiger partial charge in [-0.1, -0.05) is 17.3 Å². The van der Waals surface area contributed by atoms with Gasteiger partial charge in [-0.15, -0.1) is 5.10 Å². The van der Waals surface area contributed by atoms with Crippen LogP contribution >= 0.6 is 15.9 Å². The van der Waals surface area contributed by atoms with E-state index >= 15 is 0 Å². The van der Waals surface area contributed by atoms with Crippen LogP contribution in [0.15, 0.2) is 56.7 Å². The number of hydrogen-bond donors (Lipinski definition) is 2. The average Bonchev–Trinajstić information content (AvgIpc) is 3.67. The van der Waals surface area contributed by atoms with Gasteiger partial charge in [0.25, 0.3) is 11.6 Å². The second kappa shape index (κ2) is 11.6. The lowest BCUT2D eigenvalue weighted by molar-refractivity contribution is -0.384. The van der Waals surface area contributed by atoms with Gasteiger partial charge in [0.15, 0.2) is 5.69 Å². The molecule has 0 spiro atoms. The molecule has 5 rings (SSSR count). The zero-order valence-corrected chi connectivity index (χ0v) is 23.9. The Labute approximate surface area is 245 Å². The fourth-order valence-corrected chi connectivity index (χ4v) is 4.44. The predicted octanol–water partition coefficient (Wildman–Crippen LogP) is 3.20. The molecule has 5 aromatic rings. The van der Waals surface area contributed by atoms with Gasteiger partial charge in [0.1, 0.15) is 11.4 Å². The van der Waals surface area contributed by atoms with E-state index in [1.165, 1.54) is 24.4 Å². The third-order valence-corrected chi connectivity index (χ3v) is 7.36. The van der Waals surface area contributed by atoms with Crippen molar-refractivity contribution in [2.75, 3.05) is 12.8 Å². The molecule has 16 nitrogen and oxygen atoms in total. The monoisotopic (exact) mass is 635 g/mol. The van der Waals surface area contributed by atoms with Crippen molar-refractivity contribution >= 4 is 39.6 Å². The molecule has 0 saturated heterocycles. The van der Waals surface area contributed by atoms with E-state index in [0.717, 1.165) is 26.1 Å². The highest BCUT2D eigenvalue weighted by atomic mass is 79.9. The number of nitrogens with one attached hydrogen (secondary N) is 1. The number of nitro benzene ring substituents is 1. The number of aromatic nitrogens is 7. The van der Waals surface area contributed by atoms with Crippen LogP contribution in [0.25, 0.3) is 17.1 Å². The van der Waals surface area contributed by atoms with Gasteiger partial charge in [0.05, 0.1) is 40.7 Å². The zero-order chi connectivity index (χ0) is 30.0. The molecule has 0 bridgehead atoms. The molecule has 0 atom stereocenters. The van der Waals surface area contributed by atoms with Crippen LogP contribution in [-0.4, -0.2) is 59.2 Å². The fourth-order valence-electron chi connectivity index (χ4n) is 4.16. The third-order valence-electron chi connectivity index (χ3n) is 6.21. The number of aryl methyl sites for hydroxylation is 1. The minimum absolute atomic E-state index is 0.0491. The topological polar surface area (TPSA) is 207 Å². The number of non-ortho nitro benzene ring substituents is 1. The van der Waals surface area contributed by atoms with E-state index in [2.05, 4.69) is 56.8 Å². The van der Waals surface area contributed by atoms with Crippen molar-refractivity contribution in [2.24, 2.45) is 5.10 Å². The maximum Gasteiger partial charge on any atom is 0.294 e. The maximum absolute atomic E-state index is 13.2. The highest BCUT2D eigenvalue weighted by Crippen LogP contribution is 2.29. The summed E-state index contributed by atoms with van der Waals surface area (Å²) >= 11 is 3.54. The quantitative estimate of drug-likeness (QED) is 0.136. The Kier molecular flexibility index (Phi) is 7.74. The summed E-state index contributed by atoms with van der Waals surface area (Å²) in [6, 6.07) is 11.0. The number of nitro groups is 1. The van der Waals surface area contributed by atoms with Gasteiger partial charge in [0, 0.05) is 23.3 Å². The minimum Gasteiger partial charge on any atom is -0.496 e. The van der Waals surface area contributed by atoms with Crippen molar-refractivity contribution in [2.45, 2.75) is 20.4 Å². The molecule has 1 amide bonds. The highest BCUT2D eigenvalue weighted by molar-refractivity contribution is 9.10. The summed E-state index contributed by atoms with van der Waals surface area (Å²) in [4.78, 5) is 24.0. The molecular weight excluding hydrogens is 614 g/mol. The zero-order valence-electron chi connectivity index (χ0n) is 22.3. The molecule has 214 valence electrons. The second-order valence-corrected chi connectivity index (χ2v) is 9.68. The number of nitrogen functional groups attached to an aromatic ring is 1. The number of amides is 1. The largest absolute Gasteiger partial charge is 0.496 e. The van der Waals surface area contributed by atoms with Crippen molar-refractivity contribution in [3.05, 3.63) is 85.3 Å². The molecule has 0 unspecified atom stereocenters. The first-order valence-corrected chi connectivity index (χ1v) is 13.0. The van der Waals surface area contributed by atoms with Crippen LogP contribution in [0.5, 0.6) is 5.75 Å². The summed E-state index contributed by atoms with van der Waals surface area (Å²) in [6.45, 7) is 4.32. The smallest absolute Gasteiger partial charge is 0.294 e. The summed E-state index contributed by atoms with van der Waals surface area (Å²) in [6.07, 6.45) is 1.45. The Morgan fingerprint density at radius 1 is 1.26 bits per heavy atom. The number of carbonyl (C=O) groups is 1. The van der Waals surface area contributed by atoms with E-state index in [4.69, 9.17) is 10.5 Å².